The minimum absolute atomic E-state index is 0.287. The fourth-order valence-corrected chi connectivity index (χ4v) is 5.57. The molecule has 34 heavy (non-hydrogen) atoms. The van der Waals surface area contributed by atoms with Crippen LogP contribution in [0, 0.1) is 17.6 Å². The summed E-state index contributed by atoms with van der Waals surface area (Å²) in [5.41, 5.74) is 0.540. The van der Waals surface area contributed by atoms with Crippen molar-refractivity contribution in [2.45, 2.75) is 62.9 Å². The van der Waals surface area contributed by atoms with Crippen LogP contribution in [-0.4, -0.2) is 34.7 Å². The van der Waals surface area contributed by atoms with Gasteiger partial charge in [-0.1, -0.05) is 50.3 Å². The van der Waals surface area contributed by atoms with Gasteiger partial charge in [0.1, 0.15) is 12.0 Å². The zero-order valence-electron chi connectivity index (χ0n) is 18.9. The van der Waals surface area contributed by atoms with Crippen LogP contribution >= 0.6 is 0 Å². The topological polar surface area (TPSA) is 102 Å². The molecule has 1 saturated carbocycles. The Bertz CT molecular complexity index is 1190. The summed E-state index contributed by atoms with van der Waals surface area (Å²) in [7, 11) is -4.25. The molecule has 8 nitrogen and oxygen atoms in total. The van der Waals surface area contributed by atoms with Crippen LogP contribution in [0.3, 0.4) is 0 Å². The van der Waals surface area contributed by atoms with E-state index in [-0.39, 0.29) is 6.04 Å². The van der Waals surface area contributed by atoms with Crippen molar-refractivity contribution in [1.29, 1.82) is 0 Å². The van der Waals surface area contributed by atoms with Crippen molar-refractivity contribution in [1.82, 2.24) is 25.5 Å². The van der Waals surface area contributed by atoms with Crippen LogP contribution in [0.5, 0.6) is 0 Å². The van der Waals surface area contributed by atoms with E-state index >= 15 is 0 Å². The predicted molar refractivity (Wildman–Crippen MR) is 124 cm³/mol. The largest absolute Gasteiger partial charge is 0.310 e. The quantitative estimate of drug-likeness (QED) is 0.466. The fraction of sp³-hybridized carbons (Fsp3) is 0.435. The van der Waals surface area contributed by atoms with Crippen LogP contribution in [0.2, 0.25) is 0 Å². The Morgan fingerprint density at radius 3 is 2.50 bits per heavy atom. The molecule has 0 bridgehead atoms. The molecule has 3 aromatic rings. The van der Waals surface area contributed by atoms with Crippen molar-refractivity contribution in [3.05, 3.63) is 59.9 Å². The summed E-state index contributed by atoms with van der Waals surface area (Å²) in [6.45, 7) is 2.60. The molecule has 182 valence electrons. The van der Waals surface area contributed by atoms with Crippen LogP contribution in [-0.2, 0) is 16.6 Å². The summed E-state index contributed by atoms with van der Waals surface area (Å²) in [5, 5.41) is 13.6. The van der Waals surface area contributed by atoms with Crippen LogP contribution in [0.1, 0.15) is 51.0 Å². The van der Waals surface area contributed by atoms with Crippen molar-refractivity contribution in [3.8, 4) is 5.69 Å². The Labute approximate surface area is 197 Å². The zero-order chi connectivity index (χ0) is 24.1. The standard InChI is InChI=1S/C23H28F2N6O2S/c1-16(11-17-7-3-2-4-8-17)26-14-18-9-5-6-10-22(18)28-34(32,33)19-12-20(24)23(21(25)13-19)31-15-27-29-30-31/h5-6,9-10,12-13,15-17,26,28H,2-4,7-8,11,14H2,1H3/t16-/m0/s1. The second kappa shape index (κ2) is 10.6. The van der Waals surface area contributed by atoms with Crippen molar-refractivity contribution < 1.29 is 17.2 Å². The third-order valence-corrected chi connectivity index (χ3v) is 7.54. The van der Waals surface area contributed by atoms with Gasteiger partial charge in [-0.3, -0.25) is 4.72 Å². The van der Waals surface area contributed by atoms with E-state index in [1.165, 1.54) is 32.1 Å². The number of para-hydroxylation sites is 1. The summed E-state index contributed by atoms with van der Waals surface area (Å²) in [5.74, 6) is -1.47. The summed E-state index contributed by atoms with van der Waals surface area (Å²) in [4.78, 5) is -0.534. The first-order valence-electron chi connectivity index (χ1n) is 11.4. The number of hydrogen-bond donors (Lipinski definition) is 2. The van der Waals surface area contributed by atoms with E-state index in [9.17, 15) is 17.2 Å². The minimum atomic E-state index is -4.25. The van der Waals surface area contributed by atoms with Crippen molar-refractivity contribution in [3.63, 3.8) is 0 Å². The second-order valence-electron chi connectivity index (χ2n) is 8.77. The Hall–Kier alpha value is -2.92. The molecule has 1 fully saturated rings. The highest BCUT2D eigenvalue weighted by molar-refractivity contribution is 7.92. The van der Waals surface area contributed by atoms with Gasteiger partial charge in [-0.05, 0) is 53.5 Å². The maximum atomic E-state index is 14.6. The fourth-order valence-electron chi connectivity index (χ4n) is 4.45. The van der Waals surface area contributed by atoms with E-state index in [0.29, 0.717) is 12.2 Å². The molecule has 11 heteroatoms. The number of hydrogen-bond acceptors (Lipinski definition) is 6. The van der Waals surface area contributed by atoms with Crippen molar-refractivity contribution in [2.75, 3.05) is 4.72 Å². The van der Waals surface area contributed by atoms with Gasteiger partial charge in [0.05, 0.1) is 10.6 Å². The number of nitrogens with zero attached hydrogens (tertiary/aromatic N) is 4. The van der Waals surface area contributed by atoms with Crippen LogP contribution in [0.15, 0.2) is 47.6 Å². The summed E-state index contributed by atoms with van der Waals surface area (Å²) in [6.07, 6.45) is 8.54. The van der Waals surface area contributed by atoms with Gasteiger partial charge in [0.2, 0.25) is 0 Å². The molecular weight excluding hydrogens is 462 g/mol. The molecule has 1 aliphatic rings. The molecule has 2 aromatic carbocycles. The molecule has 0 unspecified atom stereocenters. The Morgan fingerprint density at radius 2 is 1.82 bits per heavy atom. The molecule has 1 aliphatic carbocycles. The zero-order valence-corrected chi connectivity index (χ0v) is 19.7. The maximum absolute atomic E-state index is 14.6. The molecule has 1 atom stereocenters. The highest BCUT2D eigenvalue weighted by Crippen LogP contribution is 2.28. The molecule has 4 rings (SSSR count). The average Bonchev–Trinajstić information content (AvgIpc) is 3.33. The monoisotopic (exact) mass is 490 g/mol. The molecule has 0 amide bonds. The van der Waals surface area contributed by atoms with Gasteiger partial charge in [-0.15, -0.1) is 5.10 Å². The van der Waals surface area contributed by atoms with Crippen molar-refractivity contribution >= 4 is 15.7 Å². The third kappa shape index (κ3) is 5.76. The van der Waals surface area contributed by atoms with Crippen molar-refractivity contribution in [2.24, 2.45) is 5.92 Å². The van der Waals surface area contributed by atoms with E-state index < -0.39 is 32.2 Å². The molecule has 1 aromatic heterocycles. The smallest absolute Gasteiger partial charge is 0.262 e. The Balaban J connectivity index is 1.47. The minimum Gasteiger partial charge on any atom is -0.310 e. The third-order valence-electron chi connectivity index (χ3n) is 6.19. The number of nitrogens with one attached hydrogen (secondary N) is 2. The van der Waals surface area contributed by atoms with Crippen LogP contribution < -0.4 is 10.0 Å². The average molecular weight is 491 g/mol. The highest BCUT2D eigenvalue weighted by atomic mass is 32.2. The van der Waals surface area contributed by atoms with E-state index in [0.717, 1.165) is 41.0 Å². The lowest BCUT2D eigenvalue weighted by Gasteiger charge is -2.25. The first-order valence-corrected chi connectivity index (χ1v) is 12.9. The lowest BCUT2D eigenvalue weighted by molar-refractivity contribution is 0.305. The van der Waals surface area contributed by atoms with Gasteiger partial charge in [-0.25, -0.2) is 17.2 Å². The molecule has 0 saturated heterocycles. The van der Waals surface area contributed by atoms with Gasteiger partial charge < -0.3 is 5.32 Å². The number of halogens is 2. The predicted octanol–water partition coefficient (Wildman–Crippen LogP) is 4.19. The Kier molecular flexibility index (Phi) is 7.52. The van der Waals surface area contributed by atoms with Gasteiger partial charge in [0.15, 0.2) is 11.6 Å². The lowest BCUT2D eigenvalue weighted by Crippen LogP contribution is -2.29. The summed E-state index contributed by atoms with van der Waals surface area (Å²) in [6, 6.07) is 8.75. The SMILES string of the molecule is C[C@@H](CC1CCCCC1)NCc1ccccc1NS(=O)(=O)c1cc(F)c(-n2cnnn2)c(F)c1. The number of aromatic nitrogens is 4. The van der Waals surface area contributed by atoms with E-state index in [1.807, 2.05) is 12.1 Å². The maximum Gasteiger partial charge on any atom is 0.262 e. The summed E-state index contributed by atoms with van der Waals surface area (Å²) < 4.78 is 58.3. The van der Waals surface area contributed by atoms with Crippen LogP contribution in [0.4, 0.5) is 14.5 Å². The van der Waals surface area contributed by atoms with E-state index in [4.69, 9.17) is 0 Å². The van der Waals surface area contributed by atoms with Gasteiger partial charge >= 0.3 is 0 Å². The molecule has 0 spiro atoms. The number of anilines is 1. The molecule has 0 radical (unpaired) electrons. The number of benzene rings is 2. The molecule has 1 heterocycles. The number of tetrazole rings is 1. The highest BCUT2D eigenvalue weighted by Gasteiger charge is 2.23. The van der Waals surface area contributed by atoms with Gasteiger partial charge in [0, 0.05) is 12.6 Å². The normalized spacial score (nSPS) is 15.9. The second-order valence-corrected chi connectivity index (χ2v) is 10.5. The first kappa shape index (κ1) is 24.2. The molecular formula is C23H28F2N6O2S. The lowest BCUT2D eigenvalue weighted by atomic mass is 9.85. The van der Waals surface area contributed by atoms with E-state index in [2.05, 4.69) is 32.5 Å². The summed E-state index contributed by atoms with van der Waals surface area (Å²) >= 11 is 0. The van der Waals surface area contributed by atoms with Gasteiger partial charge in [0.25, 0.3) is 10.0 Å². The van der Waals surface area contributed by atoms with E-state index in [1.54, 1.807) is 12.1 Å². The molecule has 2 N–H and O–H groups in total. The number of sulfonamides is 1. The first-order chi connectivity index (χ1) is 16.3. The number of rotatable bonds is 9. The Morgan fingerprint density at radius 1 is 1.12 bits per heavy atom. The molecule has 0 aliphatic heterocycles. The van der Waals surface area contributed by atoms with Crippen LogP contribution in [0.25, 0.3) is 5.69 Å². The van der Waals surface area contributed by atoms with Gasteiger partial charge in [-0.2, -0.15) is 4.68 Å².